The van der Waals surface area contributed by atoms with Crippen LogP contribution in [-0.4, -0.2) is 68.8 Å². The van der Waals surface area contributed by atoms with Crippen molar-refractivity contribution in [2.24, 2.45) is 0 Å². The summed E-state index contributed by atoms with van der Waals surface area (Å²) in [7, 11) is 1.75. The summed E-state index contributed by atoms with van der Waals surface area (Å²) in [6.45, 7) is 6.59. The van der Waals surface area contributed by atoms with Gasteiger partial charge >= 0.3 is 0 Å². The fourth-order valence-electron chi connectivity index (χ4n) is 4.77. The molecule has 34 heavy (non-hydrogen) atoms. The predicted molar refractivity (Wildman–Crippen MR) is 136 cm³/mol. The molecule has 0 spiro atoms. The Morgan fingerprint density at radius 1 is 0.971 bits per heavy atom. The van der Waals surface area contributed by atoms with Crippen LogP contribution in [0.2, 0.25) is 0 Å². The number of piperazine rings is 1. The van der Waals surface area contributed by atoms with Crippen LogP contribution in [0.4, 0.5) is 11.5 Å². The lowest BCUT2D eigenvalue weighted by atomic mass is 9.94. The Balaban J connectivity index is 1.33. The molecular formula is C27H31N5O2. The van der Waals surface area contributed by atoms with Gasteiger partial charge in [0.05, 0.1) is 6.61 Å². The van der Waals surface area contributed by atoms with Gasteiger partial charge in [-0.2, -0.15) is 0 Å². The van der Waals surface area contributed by atoms with Crippen LogP contribution in [0, 0.1) is 0 Å². The van der Waals surface area contributed by atoms with Crippen molar-refractivity contribution in [3.05, 3.63) is 65.9 Å². The minimum Gasteiger partial charge on any atom is -0.383 e. The molecule has 3 N–H and O–H groups in total. The summed E-state index contributed by atoms with van der Waals surface area (Å²) < 4.78 is 5.20. The molecule has 0 aliphatic carbocycles. The Kier molecular flexibility index (Phi) is 6.47. The lowest BCUT2D eigenvalue weighted by Crippen LogP contribution is -2.47. The van der Waals surface area contributed by atoms with Gasteiger partial charge in [-0.1, -0.05) is 24.3 Å². The molecule has 3 heterocycles. The average molecular weight is 458 g/mol. The van der Waals surface area contributed by atoms with Crippen molar-refractivity contribution in [2.75, 3.05) is 63.6 Å². The van der Waals surface area contributed by atoms with E-state index in [0.29, 0.717) is 12.4 Å². The Labute approximate surface area is 200 Å². The number of anilines is 2. The number of benzene rings is 2. The molecule has 1 saturated heterocycles. The van der Waals surface area contributed by atoms with Gasteiger partial charge in [0.2, 0.25) is 0 Å². The number of nitrogens with zero attached hydrogens (tertiary/aromatic N) is 3. The molecule has 0 radical (unpaired) electrons. The minimum absolute atomic E-state index is 0.0101. The first-order valence-corrected chi connectivity index (χ1v) is 11.9. The largest absolute Gasteiger partial charge is 0.383 e. The van der Waals surface area contributed by atoms with E-state index < -0.39 is 0 Å². The maximum atomic E-state index is 12.1. The number of aromatic nitrogens is 1. The quantitative estimate of drug-likeness (QED) is 0.592. The molecule has 2 aromatic carbocycles. The normalized spacial score (nSPS) is 16.3. The molecule has 1 aromatic heterocycles. The zero-order valence-electron chi connectivity index (χ0n) is 19.6. The van der Waals surface area contributed by atoms with Crippen molar-refractivity contribution < 1.29 is 9.53 Å². The highest BCUT2D eigenvalue weighted by atomic mass is 16.5. The fraction of sp³-hybridized carbons (Fsp3) is 0.333. The summed E-state index contributed by atoms with van der Waals surface area (Å²) in [5, 5.41) is 2.89. The monoisotopic (exact) mass is 457 g/mol. The SMILES string of the molecule is COCCN1CCN(c2ccc(-c3cnc(N)c(-c4ccc5c(c4)CCNC5=O)c3)cc2)CC1. The molecule has 1 amide bonds. The Morgan fingerprint density at radius 2 is 1.74 bits per heavy atom. The molecule has 0 saturated carbocycles. The van der Waals surface area contributed by atoms with Crippen LogP contribution in [0.25, 0.3) is 22.3 Å². The van der Waals surface area contributed by atoms with E-state index in [1.165, 1.54) is 5.69 Å². The highest BCUT2D eigenvalue weighted by Gasteiger charge is 2.19. The van der Waals surface area contributed by atoms with Crippen molar-refractivity contribution in [3.63, 3.8) is 0 Å². The third kappa shape index (κ3) is 4.62. The molecule has 7 nitrogen and oxygen atoms in total. The average Bonchev–Trinajstić information content (AvgIpc) is 2.88. The Bertz CT molecular complexity index is 1170. The second-order valence-electron chi connectivity index (χ2n) is 8.90. The maximum Gasteiger partial charge on any atom is 0.251 e. The number of hydrogen-bond donors (Lipinski definition) is 2. The van der Waals surface area contributed by atoms with Crippen molar-refractivity contribution >= 4 is 17.4 Å². The molecule has 0 bridgehead atoms. The lowest BCUT2D eigenvalue weighted by Gasteiger charge is -2.36. The van der Waals surface area contributed by atoms with Crippen LogP contribution in [0.3, 0.4) is 0 Å². The first-order chi connectivity index (χ1) is 16.6. The lowest BCUT2D eigenvalue weighted by molar-refractivity contribution is 0.0946. The van der Waals surface area contributed by atoms with E-state index in [2.05, 4.69) is 56.5 Å². The highest BCUT2D eigenvalue weighted by molar-refractivity contribution is 5.97. The fourth-order valence-corrected chi connectivity index (χ4v) is 4.77. The van der Waals surface area contributed by atoms with E-state index in [4.69, 9.17) is 10.5 Å². The zero-order chi connectivity index (χ0) is 23.5. The van der Waals surface area contributed by atoms with Crippen molar-refractivity contribution in [1.29, 1.82) is 0 Å². The van der Waals surface area contributed by atoms with Gasteiger partial charge in [0.1, 0.15) is 5.82 Å². The maximum absolute atomic E-state index is 12.1. The van der Waals surface area contributed by atoms with Gasteiger partial charge in [0.25, 0.3) is 5.91 Å². The number of nitrogens with one attached hydrogen (secondary N) is 1. The van der Waals surface area contributed by atoms with E-state index in [1.807, 2.05) is 18.3 Å². The number of methoxy groups -OCH3 is 1. The molecule has 7 heteroatoms. The number of nitrogen functional groups attached to an aromatic ring is 1. The number of carbonyl (C=O) groups is 1. The third-order valence-corrected chi connectivity index (χ3v) is 6.81. The number of hydrogen-bond acceptors (Lipinski definition) is 6. The minimum atomic E-state index is -0.0101. The topological polar surface area (TPSA) is 83.7 Å². The number of nitrogens with two attached hydrogens (primary N) is 1. The molecule has 3 aromatic rings. The van der Waals surface area contributed by atoms with E-state index in [9.17, 15) is 4.79 Å². The highest BCUT2D eigenvalue weighted by Crippen LogP contribution is 2.32. The van der Waals surface area contributed by atoms with Gasteiger partial charge in [0.15, 0.2) is 0 Å². The number of amides is 1. The zero-order valence-corrected chi connectivity index (χ0v) is 19.6. The van der Waals surface area contributed by atoms with E-state index in [0.717, 1.165) is 79.1 Å². The summed E-state index contributed by atoms with van der Waals surface area (Å²) in [4.78, 5) is 21.4. The number of fused-ring (bicyclic) bond motifs is 1. The summed E-state index contributed by atoms with van der Waals surface area (Å²) in [5.41, 5.74) is 13.3. The molecule has 1 fully saturated rings. The molecule has 5 rings (SSSR count). The third-order valence-electron chi connectivity index (χ3n) is 6.81. The van der Waals surface area contributed by atoms with Crippen LogP contribution in [0.15, 0.2) is 54.7 Å². The van der Waals surface area contributed by atoms with Gasteiger partial charge in [0, 0.05) is 75.0 Å². The van der Waals surface area contributed by atoms with Crippen LogP contribution < -0.4 is 16.0 Å². The molecule has 0 unspecified atom stereocenters. The van der Waals surface area contributed by atoms with Crippen LogP contribution in [-0.2, 0) is 11.2 Å². The van der Waals surface area contributed by atoms with Crippen molar-refractivity contribution in [3.8, 4) is 22.3 Å². The number of pyridine rings is 1. The standard InChI is InChI=1S/C27H31N5O2/c1-34-15-14-31-10-12-32(13-11-31)23-5-2-19(3-6-23)22-17-25(26(28)30-18-22)20-4-7-24-21(16-20)8-9-29-27(24)33/h2-7,16-18H,8-15H2,1H3,(H2,28,30)(H,29,33). The first-order valence-electron chi connectivity index (χ1n) is 11.9. The number of carbonyl (C=O) groups excluding carboxylic acids is 1. The van der Waals surface area contributed by atoms with Crippen LogP contribution in [0.1, 0.15) is 15.9 Å². The Hall–Kier alpha value is -3.42. The van der Waals surface area contributed by atoms with E-state index in [-0.39, 0.29) is 5.91 Å². The van der Waals surface area contributed by atoms with Crippen LogP contribution >= 0.6 is 0 Å². The predicted octanol–water partition coefficient (Wildman–Crippen LogP) is 3.05. The second kappa shape index (κ2) is 9.83. The summed E-state index contributed by atoms with van der Waals surface area (Å²) in [6.07, 6.45) is 2.65. The van der Waals surface area contributed by atoms with Gasteiger partial charge in [-0.25, -0.2) is 4.98 Å². The molecule has 2 aliphatic heterocycles. The summed E-state index contributed by atoms with van der Waals surface area (Å²) in [5.74, 6) is 0.482. The smallest absolute Gasteiger partial charge is 0.251 e. The number of ether oxygens (including phenoxy) is 1. The Morgan fingerprint density at radius 3 is 2.50 bits per heavy atom. The van der Waals surface area contributed by atoms with Crippen molar-refractivity contribution in [2.45, 2.75) is 6.42 Å². The van der Waals surface area contributed by atoms with E-state index >= 15 is 0 Å². The molecule has 176 valence electrons. The number of rotatable bonds is 6. The van der Waals surface area contributed by atoms with Gasteiger partial charge in [-0.05, 0) is 47.4 Å². The van der Waals surface area contributed by atoms with Gasteiger partial charge < -0.3 is 20.7 Å². The van der Waals surface area contributed by atoms with Gasteiger partial charge in [-0.3, -0.25) is 9.69 Å². The van der Waals surface area contributed by atoms with E-state index in [1.54, 1.807) is 7.11 Å². The molecule has 2 aliphatic rings. The summed E-state index contributed by atoms with van der Waals surface area (Å²) >= 11 is 0. The molecular weight excluding hydrogens is 426 g/mol. The first kappa shape index (κ1) is 22.4. The molecule has 0 atom stereocenters. The van der Waals surface area contributed by atoms with Gasteiger partial charge in [-0.15, -0.1) is 0 Å². The van der Waals surface area contributed by atoms with Crippen molar-refractivity contribution in [1.82, 2.24) is 15.2 Å². The second-order valence-corrected chi connectivity index (χ2v) is 8.90. The summed E-state index contributed by atoms with van der Waals surface area (Å²) in [6, 6.07) is 16.7. The van der Waals surface area contributed by atoms with Crippen LogP contribution in [0.5, 0.6) is 0 Å².